The summed E-state index contributed by atoms with van der Waals surface area (Å²) in [5.74, 6) is 0.285. The van der Waals surface area contributed by atoms with Gasteiger partial charge in [-0.15, -0.1) is 0 Å². The Morgan fingerprint density at radius 1 is 1.47 bits per heavy atom. The molecule has 0 unspecified atom stereocenters. The Kier molecular flexibility index (Phi) is 3.58. The number of rotatable bonds is 3. The van der Waals surface area contributed by atoms with E-state index in [1.54, 1.807) is 12.1 Å². The molecular weight excluding hydrogens is 214 g/mol. The molecule has 1 aromatic rings. The summed E-state index contributed by atoms with van der Waals surface area (Å²) in [5.41, 5.74) is 6.58. The van der Waals surface area contributed by atoms with Gasteiger partial charge in [-0.05, 0) is 23.6 Å². The summed E-state index contributed by atoms with van der Waals surface area (Å²) in [6, 6.07) is 3.31. The van der Waals surface area contributed by atoms with Crippen LogP contribution in [0, 0.1) is 0 Å². The molecule has 0 bridgehead atoms. The molecule has 0 aliphatic rings. The highest BCUT2D eigenvalue weighted by molar-refractivity contribution is 6.32. The first-order valence-electron chi connectivity index (χ1n) is 4.64. The van der Waals surface area contributed by atoms with E-state index in [0.29, 0.717) is 16.3 Å². The zero-order valence-electron chi connectivity index (χ0n) is 9.00. The molecule has 82 valence electrons. The zero-order valence-corrected chi connectivity index (χ0v) is 9.76. The Morgan fingerprint density at radius 2 is 2.07 bits per heavy atom. The molecule has 4 heteroatoms. The molecule has 0 radical (unpaired) electrons. The molecule has 0 aromatic heterocycles. The molecule has 1 amide bonds. The predicted molar refractivity (Wildman–Crippen MR) is 60.6 cm³/mol. The van der Waals surface area contributed by atoms with Crippen molar-refractivity contribution in [1.29, 1.82) is 0 Å². The van der Waals surface area contributed by atoms with Gasteiger partial charge in [-0.1, -0.05) is 25.4 Å². The van der Waals surface area contributed by atoms with E-state index in [1.807, 2.05) is 13.8 Å². The number of methoxy groups -OCH3 is 1. The number of halogens is 1. The maximum absolute atomic E-state index is 11.2. The number of carbonyl (C=O) groups excluding carboxylic acids is 1. The average Bonchev–Trinajstić information content (AvgIpc) is 2.16. The van der Waals surface area contributed by atoms with E-state index < -0.39 is 5.91 Å². The Bertz CT molecular complexity index is 388. The molecule has 0 saturated heterocycles. The molecule has 0 saturated carbocycles. The van der Waals surface area contributed by atoms with Crippen LogP contribution in [-0.4, -0.2) is 13.0 Å². The minimum absolute atomic E-state index is 0.193. The first kappa shape index (κ1) is 11.9. The van der Waals surface area contributed by atoms with E-state index in [1.165, 1.54) is 7.11 Å². The van der Waals surface area contributed by atoms with E-state index in [9.17, 15) is 4.79 Å². The van der Waals surface area contributed by atoms with Crippen LogP contribution >= 0.6 is 11.6 Å². The maximum atomic E-state index is 11.2. The topological polar surface area (TPSA) is 52.3 Å². The number of nitrogens with two attached hydrogens (primary N) is 1. The number of carbonyl (C=O) groups is 1. The number of hydrogen-bond acceptors (Lipinski definition) is 2. The highest BCUT2D eigenvalue weighted by atomic mass is 35.5. The van der Waals surface area contributed by atoms with Gasteiger partial charge in [-0.25, -0.2) is 0 Å². The lowest BCUT2D eigenvalue weighted by Crippen LogP contribution is -2.14. The fourth-order valence-electron chi connectivity index (χ4n) is 1.42. The normalized spacial score (nSPS) is 10.5. The maximum Gasteiger partial charge on any atom is 0.249 e. The second-order valence-electron chi connectivity index (χ2n) is 3.59. The van der Waals surface area contributed by atoms with Crippen molar-refractivity contribution >= 4 is 17.5 Å². The van der Waals surface area contributed by atoms with Crippen molar-refractivity contribution in [3.63, 3.8) is 0 Å². The zero-order chi connectivity index (χ0) is 11.6. The Morgan fingerprint density at radius 3 is 2.47 bits per heavy atom. The van der Waals surface area contributed by atoms with Crippen LogP contribution in [0.5, 0.6) is 5.75 Å². The Hall–Kier alpha value is -1.22. The number of benzene rings is 1. The fourth-order valence-corrected chi connectivity index (χ4v) is 1.66. The van der Waals surface area contributed by atoms with Crippen LogP contribution in [-0.2, 0) is 0 Å². The molecule has 3 nitrogen and oxygen atoms in total. The van der Waals surface area contributed by atoms with E-state index >= 15 is 0 Å². The SMILES string of the molecule is COc1cc(C(C)C)c(C(N)=O)cc1Cl. The summed E-state index contributed by atoms with van der Waals surface area (Å²) in [4.78, 5) is 11.2. The van der Waals surface area contributed by atoms with E-state index in [2.05, 4.69) is 0 Å². The smallest absolute Gasteiger partial charge is 0.249 e. The van der Waals surface area contributed by atoms with Gasteiger partial charge < -0.3 is 10.5 Å². The van der Waals surface area contributed by atoms with Gasteiger partial charge in [0.15, 0.2) is 0 Å². The molecule has 15 heavy (non-hydrogen) atoms. The molecule has 0 fully saturated rings. The largest absolute Gasteiger partial charge is 0.495 e. The number of hydrogen-bond donors (Lipinski definition) is 1. The summed E-state index contributed by atoms with van der Waals surface area (Å²) in [6.07, 6.45) is 0. The average molecular weight is 228 g/mol. The molecule has 0 spiro atoms. The van der Waals surface area contributed by atoms with Gasteiger partial charge in [-0.2, -0.15) is 0 Å². The standard InChI is InChI=1S/C11H14ClNO2/c1-6(2)7-5-10(15-3)9(12)4-8(7)11(13)14/h4-6H,1-3H3,(H2,13,14). The second kappa shape index (κ2) is 4.53. The predicted octanol–water partition coefficient (Wildman–Crippen LogP) is 2.57. The lowest BCUT2D eigenvalue weighted by atomic mass is 9.96. The Balaban J connectivity index is 3.38. The molecule has 2 N–H and O–H groups in total. The molecular formula is C11H14ClNO2. The van der Waals surface area contributed by atoms with Crippen LogP contribution in [0.2, 0.25) is 5.02 Å². The van der Waals surface area contributed by atoms with Crippen molar-refractivity contribution < 1.29 is 9.53 Å². The van der Waals surface area contributed by atoms with Crippen molar-refractivity contribution in [1.82, 2.24) is 0 Å². The van der Waals surface area contributed by atoms with Crippen LogP contribution < -0.4 is 10.5 Å². The summed E-state index contributed by atoms with van der Waals surface area (Å²) < 4.78 is 5.09. The first-order chi connectivity index (χ1) is 6.97. The summed E-state index contributed by atoms with van der Waals surface area (Å²) in [6.45, 7) is 3.96. The molecule has 0 heterocycles. The fraction of sp³-hybridized carbons (Fsp3) is 0.364. The van der Waals surface area contributed by atoms with Crippen molar-refractivity contribution in [2.24, 2.45) is 5.73 Å². The lowest BCUT2D eigenvalue weighted by molar-refractivity contribution is 0.0999. The molecule has 1 aromatic carbocycles. The van der Waals surface area contributed by atoms with Crippen molar-refractivity contribution in [3.8, 4) is 5.75 Å². The first-order valence-corrected chi connectivity index (χ1v) is 5.02. The van der Waals surface area contributed by atoms with Crippen molar-refractivity contribution in [2.45, 2.75) is 19.8 Å². The van der Waals surface area contributed by atoms with Crippen LogP contribution in [0.4, 0.5) is 0 Å². The Labute approximate surface area is 94.2 Å². The number of primary amides is 1. The quantitative estimate of drug-likeness (QED) is 0.863. The van der Waals surface area contributed by atoms with Crippen LogP contribution in [0.1, 0.15) is 35.7 Å². The summed E-state index contributed by atoms with van der Waals surface area (Å²) in [7, 11) is 1.54. The van der Waals surface area contributed by atoms with Gasteiger partial charge in [0, 0.05) is 5.56 Å². The van der Waals surface area contributed by atoms with Crippen LogP contribution in [0.3, 0.4) is 0 Å². The van der Waals surface area contributed by atoms with Gasteiger partial charge >= 0.3 is 0 Å². The third-order valence-electron chi connectivity index (χ3n) is 2.21. The minimum atomic E-state index is -0.469. The molecule has 1 rings (SSSR count). The van der Waals surface area contributed by atoms with Crippen molar-refractivity contribution in [2.75, 3.05) is 7.11 Å². The molecule has 0 aliphatic carbocycles. The molecule has 0 aliphatic heterocycles. The lowest BCUT2D eigenvalue weighted by Gasteiger charge is -2.13. The van der Waals surface area contributed by atoms with Gasteiger partial charge in [-0.3, -0.25) is 4.79 Å². The number of amides is 1. The van der Waals surface area contributed by atoms with Crippen LogP contribution in [0.15, 0.2) is 12.1 Å². The third-order valence-corrected chi connectivity index (χ3v) is 2.51. The minimum Gasteiger partial charge on any atom is -0.495 e. The third kappa shape index (κ3) is 2.42. The van der Waals surface area contributed by atoms with Gasteiger partial charge in [0.1, 0.15) is 5.75 Å². The second-order valence-corrected chi connectivity index (χ2v) is 4.00. The highest BCUT2D eigenvalue weighted by Gasteiger charge is 2.15. The van der Waals surface area contributed by atoms with Crippen molar-refractivity contribution in [3.05, 3.63) is 28.3 Å². The molecule has 0 atom stereocenters. The summed E-state index contributed by atoms with van der Waals surface area (Å²) in [5, 5.41) is 0.399. The van der Waals surface area contributed by atoms with E-state index in [4.69, 9.17) is 22.1 Å². The van der Waals surface area contributed by atoms with Gasteiger partial charge in [0.2, 0.25) is 5.91 Å². The highest BCUT2D eigenvalue weighted by Crippen LogP contribution is 2.31. The monoisotopic (exact) mass is 227 g/mol. The van der Waals surface area contributed by atoms with Gasteiger partial charge in [0.25, 0.3) is 0 Å². The van der Waals surface area contributed by atoms with E-state index in [0.717, 1.165) is 5.56 Å². The van der Waals surface area contributed by atoms with Gasteiger partial charge in [0.05, 0.1) is 12.1 Å². The van der Waals surface area contributed by atoms with E-state index in [-0.39, 0.29) is 5.92 Å². The van der Waals surface area contributed by atoms with Crippen LogP contribution in [0.25, 0.3) is 0 Å². The number of ether oxygens (including phenoxy) is 1. The summed E-state index contributed by atoms with van der Waals surface area (Å²) >= 11 is 5.92.